The van der Waals surface area contributed by atoms with Crippen molar-refractivity contribution >= 4 is 11.8 Å². The first kappa shape index (κ1) is 17.9. The molecule has 0 aliphatic heterocycles. The van der Waals surface area contributed by atoms with Gasteiger partial charge in [-0.15, -0.1) is 0 Å². The third kappa shape index (κ3) is 5.34. The van der Waals surface area contributed by atoms with Gasteiger partial charge < -0.3 is 20.1 Å². The minimum absolute atomic E-state index is 0.0196. The quantitative estimate of drug-likeness (QED) is 0.864. The van der Waals surface area contributed by atoms with Crippen LogP contribution in [0.4, 0.5) is 23.7 Å². The van der Waals surface area contributed by atoms with Crippen LogP contribution in [0.25, 0.3) is 0 Å². The largest absolute Gasteiger partial charge is 0.444 e. The SMILES string of the molecule is CN(Cc1cc(N)cc(F)c1OC(F)F)C(=O)OC(C)(C)C. The summed E-state index contributed by atoms with van der Waals surface area (Å²) in [6.07, 6.45) is -0.682. The topological polar surface area (TPSA) is 64.8 Å². The molecule has 0 aliphatic rings. The number of rotatable bonds is 4. The predicted octanol–water partition coefficient (Wildman–Crippen LogP) is 3.38. The molecule has 2 N–H and O–H groups in total. The molecule has 1 rings (SSSR count). The van der Waals surface area contributed by atoms with Gasteiger partial charge in [-0.1, -0.05) is 0 Å². The van der Waals surface area contributed by atoms with Gasteiger partial charge >= 0.3 is 12.7 Å². The average Bonchev–Trinajstić information content (AvgIpc) is 2.30. The number of benzene rings is 1. The van der Waals surface area contributed by atoms with E-state index in [9.17, 15) is 18.0 Å². The van der Waals surface area contributed by atoms with Crippen molar-refractivity contribution < 1.29 is 27.4 Å². The van der Waals surface area contributed by atoms with Crippen LogP contribution in [-0.4, -0.2) is 30.3 Å². The molecule has 0 heterocycles. The summed E-state index contributed by atoms with van der Waals surface area (Å²) >= 11 is 0. The smallest absolute Gasteiger partial charge is 0.410 e. The fourth-order valence-corrected chi connectivity index (χ4v) is 1.67. The molecule has 0 saturated carbocycles. The maximum atomic E-state index is 13.7. The van der Waals surface area contributed by atoms with E-state index >= 15 is 0 Å². The number of halogens is 3. The Bertz CT molecular complexity index is 545. The van der Waals surface area contributed by atoms with E-state index in [1.54, 1.807) is 20.8 Å². The Morgan fingerprint density at radius 3 is 2.45 bits per heavy atom. The number of nitrogens with zero attached hydrogens (tertiary/aromatic N) is 1. The second-order valence-electron chi connectivity index (χ2n) is 5.71. The molecule has 1 aromatic rings. The van der Waals surface area contributed by atoms with Gasteiger partial charge in [-0.05, 0) is 26.8 Å². The lowest BCUT2D eigenvalue weighted by Crippen LogP contribution is -2.34. The van der Waals surface area contributed by atoms with E-state index in [0.29, 0.717) is 0 Å². The molecule has 0 aromatic heterocycles. The second-order valence-corrected chi connectivity index (χ2v) is 5.71. The fraction of sp³-hybridized carbons (Fsp3) is 0.500. The first-order chi connectivity index (χ1) is 9.99. The predicted molar refractivity (Wildman–Crippen MR) is 75.1 cm³/mol. The number of anilines is 1. The van der Waals surface area contributed by atoms with Gasteiger partial charge in [0.25, 0.3) is 0 Å². The first-order valence-electron chi connectivity index (χ1n) is 6.46. The Kier molecular flexibility index (Phi) is 5.51. The highest BCUT2D eigenvalue weighted by Crippen LogP contribution is 2.28. The fourth-order valence-electron chi connectivity index (χ4n) is 1.67. The van der Waals surface area contributed by atoms with Crippen LogP contribution in [0.3, 0.4) is 0 Å². The van der Waals surface area contributed by atoms with Crippen LogP contribution in [-0.2, 0) is 11.3 Å². The molecule has 1 aromatic carbocycles. The minimum atomic E-state index is -3.19. The van der Waals surface area contributed by atoms with Gasteiger partial charge in [-0.3, -0.25) is 0 Å². The molecule has 0 radical (unpaired) electrons. The summed E-state index contributed by atoms with van der Waals surface area (Å²) in [5.74, 6) is -1.66. The summed E-state index contributed by atoms with van der Waals surface area (Å²) in [6, 6.07) is 2.14. The minimum Gasteiger partial charge on any atom is -0.444 e. The Balaban J connectivity index is 2.98. The molecule has 0 bridgehead atoms. The van der Waals surface area contributed by atoms with E-state index in [-0.39, 0.29) is 17.8 Å². The van der Waals surface area contributed by atoms with Gasteiger partial charge in [0.15, 0.2) is 11.6 Å². The number of hydrogen-bond acceptors (Lipinski definition) is 4. The lowest BCUT2D eigenvalue weighted by atomic mass is 10.1. The molecule has 0 aliphatic carbocycles. The van der Waals surface area contributed by atoms with Crippen LogP contribution in [0, 0.1) is 5.82 Å². The van der Waals surface area contributed by atoms with Crippen LogP contribution in [0.5, 0.6) is 5.75 Å². The van der Waals surface area contributed by atoms with Gasteiger partial charge in [0.1, 0.15) is 5.60 Å². The Morgan fingerprint density at radius 2 is 1.95 bits per heavy atom. The monoisotopic (exact) mass is 320 g/mol. The van der Waals surface area contributed by atoms with Crippen molar-refractivity contribution in [3.63, 3.8) is 0 Å². The van der Waals surface area contributed by atoms with E-state index in [4.69, 9.17) is 10.5 Å². The number of nitrogens with two attached hydrogens (primary N) is 1. The van der Waals surface area contributed by atoms with Crippen LogP contribution < -0.4 is 10.5 Å². The Labute approximate surface area is 126 Å². The maximum Gasteiger partial charge on any atom is 0.410 e. The molecular weight excluding hydrogens is 301 g/mol. The molecule has 1 amide bonds. The molecule has 0 spiro atoms. The van der Waals surface area contributed by atoms with Crippen molar-refractivity contribution in [1.29, 1.82) is 0 Å². The standard InChI is InChI=1S/C14H19F3N2O3/c1-14(2,3)22-13(20)19(4)7-8-5-9(18)6-10(15)11(8)21-12(16)17/h5-6,12H,7,18H2,1-4H3. The van der Waals surface area contributed by atoms with Crippen LogP contribution in [0.2, 0.25) is 0 Å². The summed E-state index contributed by atoms with van der Waals surface area (Å²) in [4.78, 5) is 13.0. The second kappa shape index (κ2) is 6.76. The zero-order chi connectivity index (χ0) is 17.1. The number of alkyl halides is 2. The summed E-state index contributed by atoms with van der Waals surface area (Å²) in [5, 5.41) is 0. The van der Waals surface area contributed by atoms with Crippen molar-refractivity contribution in [3.05, 3.63) is 23.5 Å². The number of amides is 1. The van der Waals surface area contributed by atoms with Crippen molar-refractivity contribution in [1.82, 2.24) is 4.90 Å². The molecule has 124 valence electrons. The summed E-state index contributed by atoms with van der Waals surface area (Å²) < 4.78 is 47.8. The van der Waals surface area contributed by atoms with E-state index in [2.05, 4.69) is 4.74 Å². The molecule has 0 atom stereocenters. The van der Waals surface area contributed by atoms with Crippen LogP contribution in [0.1, 0.15) is 26.3 Å². The number of nitrogen functional groups attached to an aromatic ring is 1. The van der Waals surface area contributed by atoms with Gasteiger partial charge in [-0.25, -0.2) is 9.18 Å². The van der Waals surface area contributed by atoms with Crippen molar-refractivity contribution in [2.75, 3.05) is 12.8 Å². The van der Waals surface area contributed by atoms with Gasteiger partial charge in [0.05, 0.1) is 6.54 Å². The normalized spacial score (nSPS) is 11.5. The van der Waals surface area contributed by atoms with Crippen molar-refractivity contribution in [3.8, 4) is 5.75 Å². The molecule has 0 fully saturated rings. The highest BCUT2D eigenvalue weighted by molar-refractivity contribution is 5.68. The Morgan fingerprint density at radius 1 is 1.36 bits per heavy atom. The number of carbonyl (C=O) groups is 1. The van der Waals surface area contributed by atoms with E-state index in [1.165, 1.54) is 13.1 Å². The van der Waals surface area contributed by atoms with Crippen LogP contribution >= 0.6 is 0 Å². The molecular formula is C14H19F3N2O3. The number of hydrogen-bond donors (Lipinski definition) is 1. The van der Waals surface area contributed by atoms with Crippen LogP contribution in [0.15, 0.2) is 12.1 Å². The lowest BCUT2D eigenvalue weighted by Gasteiger charge is -2.25. The first-order valence-corrected chi connectivity index (χ1v) is 6.46. The lowest BCUT2D eigenvalue weighted by molar-refractivity contribution is -0.0530. The highest BCUT2D eigenvalue weighted by atomic mass is 19.3. The molecule has 0 saturated heterocycles. The zero-order valence-corrected chi connectivity index (χ0v) is 12.8. The molecule has 0 unspecified atom stereocenters. The van der Waals surface area contributed by atoms with Gasteiger partial charge in [0.2, 0.25) is 0 Å². The third-order valence-electron chi connectivity index (χ3n) is 2.46. The Hall–Kier alpha value is -2.12. The summed E-state index contributed by atoms with van der Waals surface area (Å²) in [7, 11) is 1.39. The van der Waals surface area contributed by atoms with E-state index in [0.717, 1.165) is 11.0 Å². The zero-order valence-electron chi connectivity index (χ0n) is 12.8. The summed E-state index contributed by atoms with van der Waals surface area (Å²) in [5.41, 5.74) is 4.83. The van der Waals surface area contributed by atoms with E-state index in [1.807, 2.05) is 0 Å². The third-order valence-corrected chi connectivity index (χ3v) is 2.46. The number of ether oxygens (including phenoxy) is 2. The van der Waals surface area contributed by atoms with Crippen molar-refractivity contribution in [2.45, 2.75) is 39.5 Å². The highest BCUT2D eigenvalue weighted by Gasteiger charge is 2.22. The van der Waals surface area contributed by atoms with E-state index < -0.39 is 29.9 Å². The van der Waals surface area contributed by atoms with Crippen molar-refractivity contribution in [2.24, 2.45) is 0 Å². The summed E-state index contributed by atoms with van der Waals surface area (Å²) in [6.45, 7) is 1.67. The average molecular weight is 320 g/mol. The van der Waals surface area contributed by atoms with Gasteiger partial charge in [-0.2, -0.15) is 8.78 Å². The molecule has 22 heavy (non-hydrogen) atoms. The molecule has 8 heteroatoms. The van der Waals surface area contributed by atoms with Gasteiger partial charge in [0, 0.05) is 24.4 Å². The maximum absolute atomic E-state index is 13.7. The molecule has 5 nitrogen and oxygen atoms in total. The number of carbonyl (C=O) groups excluding carboxylic acids is 1.